The van der Waals surface area contributed by atoms with Crippen LogP contribution in [0, 0.1) is 6.92 Å². The van der Waals surface area contributed by atoms with Crippen LogP contribution in [0.2, 0.25) is 0 Å². The normalized spacial score (nSPS) is 11.5. The molecule has 1 amide bonds. The standard InChI is InChI=1S/C15H10F3N3O3S/c1-7-11(21-14(24-7)10-3-2-4-25-10)13(23)20-9-5-8(15(16,17)18)6-19-12(9)22/h2-6H,1H3,(H,19,22)(H,20,23). The second-order valence-electron chi connectivity index (χ2n) is 4.98. The molecule has 0 aromatic carbocycles. The van der Waals surface area contributed by atoms with Crippen molar-refractivity contribution < 1.29 is 22.4 Å². The van der Waals surface area contributed by atoms with Crippen LogP contribution in [0.15, 0.2) is 39.0 Å². The van der Waals surface area contributed by atoms with Gasteiger partial charge in [-0.3, -0.25) is 9.59 Å². The van der Waals surface area contributed by atoms with Crippen LogP contribution in [0.3, 0.4) is 0 Å². The molecular formula is C15H10F3N3O3S. The van der Waals surface area contributed by atoms with Gasteiger partial charge in [0.25, 0.3) is 11.5 Å². The van der Waals surface area contributed by atoms with Crippen LogP contribution >= 0.6 is 11.3 Å². The molecule has 6 nitrogen and oxygen atoms in total. The lowest BCUT2D eigenvalue weighted by atomic mass is 10.2. The third-order valence-corrected chi connectivity index (χ3v) is 4.08. The number of oxazole rings is 1. The predicted octanol–water partition coefficient (Wildman–Crippen LogP) is 3.67. The lowest BCUT2D eigenvalue weighted by Crippen LogP contribution is -2.22. The number of rotatable bonds is 3. The van der Waals surface area contributed by atoms with Crippen LogP contribution < -0.4 is 10.9 Å². The van der Waals surface area contributed by atoms with Crippen molar-refractivity contribution in [1.82, 2.24) is 9.97 Å². The third-order valence-electron chi connectivity index (χ3n) is 3.22. The molecule has 3 rings (SSSR count). The summed E-state index contributed by atoms with van der Waals surface area (Å²) in [5, 5.41) is 3.94. The molecule has 0 aliphatic heterocycles. The first-order valence-corrected chi connectivity index (χ1v) is 7.76. The number of nitrogens with zero attached hydrogens (tertiary/aromatic N) is 1. The fraction of sp³-hybridized carbons (Fsp3) is 0.133. The lowest BCUT2D eigenvalue weighted by Gasteiger charge is -2.08. The molecule has 0 radical (unpaired) electrons. The topological polar surface area (TPSA) is 88.0 Å². The van der Waals surface area contributed by atoms with E-state index in [1.807, 2.05) is 4.98 Å². The minimum atomic E-state index is -4.65. The van der Waals surface area contributed by atoms with Gasteiger partial charge in [0.1, 0.15) is 11.4 Å². The molecule has 0 aliphatic carbocycles. The van der Waals surface area contributed by atoms with Crippen LogP contribution in [0.5, 0.6) is 0 Å². The Bertz CT molecular complexity index is 974. The van der Waals surface area contributed by atoms with Gasteiger partial charge in [0, 0.05) is 6.20 Å². The monoisotopic (exact) mass is 369 g/mol. The summed E-state index contributed by atoms with van der Waals surface area (Å²) in [6.07, 6.45) is -4.12. The Morgan fingerprint density at radius 1 is 1.40 bits per heavy atom. The molecule has 0 unspecified atom stereocenters. The first-order chi connectivity index (χ1) is 11.8. The zero-order valence-corrected chi connectivity index (χ0v) is 13.4. The van der Waals surface area contributed by atoms with Crippen molar-refractivity contribution >= 4 is 22.9 Å². The number of carbonyl (C=O) groups is 1. The van der Waals surface area contributed by atoms with Gasteiger partial charge in [-0.1, -0.05) is 6.07 Å². The number of pyridine rings is 1. The molecule has 3 heterocycles. The lowest BCUT2D eigenvalue weighted by molar-refractivity contribution is -0.137. The number of aryl methyl sites for hydroxylation is 1. The van der Waals surface area contributed by atoms with Crippen LogP contribution in [0.25, 0.3) is 10.8 Å². The Morgan fingerprint density at radius 2 is 2.16 bits per heavy atom. The number of nitrogens with one attached hydrogen (secondary N) is 2. The number of thiophene rings is 1. The maximum Gasteiger partial charge on any atom is 0.417 e. The van der Waals surface area contributed by atoms with E-state index >= 15 is 0 Å². The largest absolute Gasteiger partial charge is 0.440 e. The number of anilines is 1. The van der Waals surface area contributed by atoms with Crippen molar-refractivity contribution in [2.75, 3.05) is 5.32 Å². The highest BCUT2D eigenvalue weighted by Crippen LogP contribution is 2.29. The van der Waals surface area contributed by atoms with Crippen LogP contribution in [0.4, 0.5) is 18.9 Å². The van der Waals surface area contributed by atoms with Crippen LogP contribution in [-0.4, -0.2) is 15.9 Å². The van der Waals surface area contributed by atoms with E-state index in [1.54, 1.807) is 17.5 Å². The quantitative estimate of drug-likeness (QED) is 0.737. The van der Waals surface area contributed by atoms with Crippen molar-refractivity contribution in [1.29, 1.82) is 0 Å². The number of alkyl halides is 3. The molecule has 0 saturated heterocycles. The van der Waals surface area contributed by atoms with E-state index in [4.69, 9.17) is 4.42 Å². The van der Waals surface area contributed by atoms with Gasteiger partial charge >= 0.3 is 6.18 Å². The summed E-state index contributed by atoms with van der Waals surface area (Å²) >= 11 is 1.35. The summed E-state index contributed by atoms with van der Waals surface area (Å²) in [5.41, 5.74) is -2.58. The van der Waals surface area contributed by atoms with Crippen molar-refractivity contribution in [2.45, 2.75) is 13.1 Å². The number of aromatic nitrogens is 2. The van der Waals surface area contributed by atoms with Gasteiger partial charge in [-0.15, -0.1) is 11.3 Å². The smallest absolute Gasteiger partial charge is 0.417 e. The van der Waals surface area contributed by atoms with Gasteiger partial charge in [-0.25, -0.2) is 4.98 Å². The van der Waals surface area contributed by atoms with Crippen molar-refractivity contribution in [3.8, 4) is 10.8 Å². The second kappa shape index (κ2) is 6.20. The molecule has 10 heteroatoms. The van der Waals surface area contributed by atoms with E-state index in [1.165, 1.54) is 18.3 Å². The number of halogens is 3. The average molecular weight is 369 g/mol. The van der Waals surface area contributed by atoms with E-state index < -0.39 is 28.9 Å². The zero-order chi connectivity index (χ0) is 18.2. The molecule has 0 fully saturated rings. The summed E-state index contributed by atoms with van der Waals surface area (Å²) in [7, 11) is 0. The number of amides is 1. The minimum Gasteiger partial charge on any atom is -0.440 e. The van der Waals surface area contributed by atoms with Gasteiger partial charge in [0.05, 0.1) is 10.4 Å². The summed E-state index contributed by atoms with van der Waals surface area (Å²) in [4.78, 5) is 30.6. The highest BCUT2D eigenvalue weighted by Gasteiger charge is 2.31. The molecule has 0 bridgehead atoms. The number of aromatic amines is 1. The predicted molar refractivity (Wildman–Crippen MR) is 84.6 cm³/mol. The van der Waals surface area contributed by atoms with Gasteiger partial charge in [-0.2, -0.15) is 13.2 Å². The molecule has 0 saturated carbocycles. The number of carbonyl (C=O) groups excluding carboxylic acids is 1. The van der Waals surface area contributed by atoms with Gasteiger partial charge in [-0.05, 0) is 24.4 Å². The van der Waals surface area contributed by atoms with E-state index in [0.29, 0.717) is 17.1 Å². The van der Waals surface area contributed by atoms with Gasteiger partial charge < -0.3 is 14.7 Å². The summed E-state index contributed by atoms with van der Waals surface area (Å²) in [6.45, 7) is 1.50. The highest BCUT2D eigenvalue weighted by molar-refractivity contribution is 7.13. The summed E-state index contributed by atoms with van der Waals surface area (Å²) < 4.78 is 43.6. The Balaban J connectivity index is 1.90. The van der Waals surface area contributed by atoms with E-state index in [9.17, 15) is 22.8 Å². The molecule has 0 aliphatic rings. The molecule has 0 spiro atoms. The molecule has 0 atom stereocenters. The zero-order valence-electron chi connectivity index (χ0n) is 12.6. The van der Waals surface area contributed by atoms with E-state index in [0.717, 1.165) is 0 Å². The van der Waals surface area contributed by atoms with E-state index in [2.05, 4.69) is 10.3 Å². The molecule has 3 aromatic heterocycles. The molecule has 130 valence electrons. The maximum atomic E-state index is 12.7. The molecule has 3 aromatic rings. The minimum absolute atomic E-state index is 0.111. The Kier molecular flexibility index (Phi) is 4.21. The Morgan fingerprint density at radius 3 is 2.80 bits per heavy atom. The van der Waals surface area contributed by atoms with Crippen LogP contribution in [-0.2, 0) is 6.18 Å². The molecule has 25 heavy (non-hydrogen) atoms. The highest BCUT2D eigenvalue weighted by atomic mass is 32.1. The first-order valence-electron chi connectivity index (χ1n) is 6.88. The van der Waals surface area contributed by atoms with Crippen molar-refractivity contribution in [3.05, 3.63) is 57.1 Å². The van der Waals surface area contributed by atoms with Gasteiger partial charge in [0.2, 0.25) is 5.89 Å². The SMILES string of the molecule is Cc1oc(-c2cccs2)nc1C(=O)Nc1cc(C(F)(F)F)c[nH]c1=O. The van der Waals surface area contributed by atoms with Gasteiger partial charge in [0.15, 0.2) is 5.69 Å². The van der Waals surface area contributed by atoms with E-state index in [-0.39, 0.29) is 17.3 Å². The summed E-state index contributed by atoms with van der Waals surface area (Å²) in [5.74, 6) is -0.436. The van der Waals surface area contributed by atoms with Crippen molar-refractivity contribution in [2.24, 2.45) is 0 Å². The average Bonchev–Trinajstić information content (AvgIpc) is 3.17. The fourth-order valence-corrected chi connectivity index (χ4v) is 2.68. The second-order valence-corrected chi connectivity index (χ2v) is 5.93. The molecular weight excluding hydrogens is 359 g/mol. The number of hydrogen-bond acceptors (Lipinski definition) is 5. The number of hydrogen-bond donors (Lipinski definition) is 2. The fourth-order valence-electron chi connectivity index (χ4n) is 2.03. The Labute approximate surface area is 142 Å². The summed E-state index contributed by atoms with van der Waals surface area (Å²) in [6, 6.07) is 4.09. The third kappa shape index (κ3) is 3.48. The maximum absolute atomic E-state index is 12.7. The Hall–Kier alpha value is -2.88. The van der Waals surface area contributed by atoms with Crippen LogP contribution in [0.1, 0.15) is 21.8 Å². The first kappa shape index (κ1) is 17.0. The van der Waals surface area contributed by atoms with Crippen molar-refractivity contribution in [3.63, 3.8) is 0 Å². The number of H-pyrrole nitrogens is 1. The molecule has 2 N–H and O–H groups in total.